The Labute approximate surface area is 172 Å². The molecule has 2 N–H and O–H groups in total. The van der Waals surface area contributed by atoms with Crippen LogP contribution in [0.15, 0.2) is 23.3 Å². The molecule has 0 aliphatic carbocycles. The lowest BCUT2D eigenvalue weighted by Crippen LogP contribution is -2.40. The summed E-state index contributed by atoms with van der Waals surface area (Å²) in [6, 6.07) is 3.87. The average molecular weight is 480 g/mol. The molecular formula is C17H29IN4O2S. The number of nitrogens with one attached hydrogen (secondary N) is 2. The second kappa shape index (κ2) is 13.5. The minimum atomic E-state index is 0. The van der Waals surface area contributed by atoms with Crippen LogP contribution in [0.4, 0.5) is 0 Å². The zero-order chi connectivity index (χ0) is 17.0. The van der Waals surface area contributed by atoms with E-state index in [-0.39, 0.29) is 24.0 Å². The number of methoxy groups -OCH3 is 1. The summed E-state index contributed by atoms with van der Waals surface area (Å²) in [7, 11) is 1.65. The van der Waals surface area contributed by atoms with Crippen molar-refractivity contribution in [1.82, 2.24) is 15.6 Å². The maximum absolute atomic E-state index is 5.46. The molecule has 0 amide bonds. The molecule has 1 atom stereocenters. The van der Waals surface area contributed by atoms with Gasteiger partial charge < -0.3 is 20.1 Å². The fourth-order valence-corrected chi connectivity index (χ4v) is 3.55. The molecule has 2 heterocycles. The summed E-state index contributed by atoms with van der Waals surface area (Å²) in [6.45, 7) is 5.57. The van der Waals surface area contributed by atoms with Gasteiger partial charge in [0, 0.05) is 37.7 Å². The molecule has 1 aromatic rings. The number of thioether (sulfide) groups is 1. The fourth-order valence-electron chi connectivity index (χ4n) is 2.35. The molecule has 8 heteroatoms. The molecule has 1 unspecified atom stereocenters. The van der Waals surface area contributed by atoms with E-state index >= 15 is 0 Å². The maximum Gasteiger partial charge on any atom is 0.213 e. The summed E-state index contributed by atoms with van der Waals surface area (Å²) < 4.78 is 10.4. The molecule has 1 saturated heterocycles. The van der Waals surface area contributed by atoms with Gasteiger partial charge >= 0.3 is 0 Å². The van der Waals surface area contributed by atoms with Gasteiger partial charge in [0.2, 0.25) is 5.88 Å². The van der Waals surface area contributed by atoms with Crippen LogP contribution < -0.4 is 15.4 Å². The number of pyridine rings is 1. The average Bonchev–Trinajstić information content (AvgIpc) is 3.12. The molecule has 1 fully saturated rings. The first-order chi connectivity index (χ1) is 11.8. The lowest BCUT2D eigenvalue weighted by molar-refractivity contribution is 0.143. The monoisotopic (exact) mass is 480 g/mol. The third-order valence-corrected chi connectivity index (χ3v) is 5.02. The highest BCUT2D eigenvalue weighted by Gasteiger charge is 2.15. The Morgan fingerprint density at radius 1 is 1.36 bits per heavy atom. The van der Waals surface area contributed by atoms with Crippen LogP contribution in [0.2, 0.25) is 0 Å². The molecule has 0 aromatic carbocycles. The van der Waals surface area contributed by atoms with Gasteiger partial charge in [0.05, 0.1) is 13.2 Å². The number of aromatic nitrogens is 1. The number of hydrogen-bond donors (Lipinski definition) is 2. The van der Waals surface area contributed by atoms with Crippen molar-refractivity contribution in [3.8, 4) is 5.88 Å². The van der Waals surface area contributed by atoms with E-state index in [2.05, 4.69) is 27.5 Å². The predicted octanol–water partition coefficient (Wildman–Crippen LogP) is 2.68. The summed E-state index contributed by atoms with van der Waals surface area (Å²) in [5.41, 5.74) is 1.06. The normalized spacial score (nSPS) is 17.0. The maximum atomic E-state index is 5.46. The van der Waals surface area contributed by atoms with Crippen LogP contribution in [0, 0.1) is 0 Å². The summed E-state index contributed by atoms with van der Waals surface area (Å²) in [5.74, 6) is 2.76. The van der Waals surface area contributed by atoms with Crippen molar-refractivity contribution in [3.63, 3.8) is 0 Å². The minimum absolute atomic E-state index is 0. The Bertz CT molecular complexity index is 496. The summed E-state index contributed by atoms with van der Waals surface area (Å²) in [6.07, 6.45) is 4.43. The second-order valence-corrected chi connectivity index (χ2v) is 6.97. The lowest BCUT2D eigenvalue weighted by atomic mass is 10.2. The number of hydrogen-bond acceptors (Lipinski definition) is 5. The summed E-state index contributed by atoms with van der Waals surface area (Å²) >= 11 is 2.05. The van der Waals surface area contributed by atoms with E-state index in [0.29, 0.717) is 30.9 Å². The van der Waals surface area contributed by atoms with Crippen molar-refractivity contribution in [1.29, 1.82) is 0 Å². The van der Waals surface area contributed by atoms with Crippen LogP contribution in [-0.4, -0.2) is 55.4 Å². The number of guanidine groups is 1. The van der Waals surface area contributed by atoms with E-state index < -0.39 is 0 Å². The van der Waals surface area contributed by atoms with Gasteiger partial charge in [0.1, 0.15) is 6.61 Å². The first-order valence-electron chi connectivity index (χ1n) is 8.52. The van der Waals surface area contributed by atoms with Crippen LogP contribution in [0.25, 0.3) is 0 Å². The SMILES string of the molecule is CCNC(=NCc1ccc(OCCOC)nc1)NCC1CCCS1.I. The van der Waals surface area contributed by atoms with Crippen LogP contribution >= 0.6 is 35.7 Å². The predicted molar refractivity (Wildman–Crippen MR) is 115 cm³/mol. The third kappa shape index (κ3) is 8.96. The largest absolute Gasteiger partial charge is 0.475 e. The Morgan fingerprint density at radius 2 is 2.24 bits per heavy atom. The Kier molecular flexibility index (Phi) is 12.0. The Balaban J connectivity index is 0.00000312. The van der Waals surface area contributed by atoms with Crippen LogP contribution in [0.5, 0.6) is 5.88 Å². The highest BCUT2D eigenvalue weighted by Crippen LogP contribution is 2.25. The lowest BCUT2D eigenvalue weighted by Gasteiger charge is -2.14. The van der Waals surface area contributed by atoms with Crippen molar-refractivity contribution in [2.24, 2.45) is 4.99 Å². The second-order valence-electron chi connectivity index (χ2n) is 5.56. The molecule has 1 aliphatic rings. The zero-order valence-electron chi connectivity index (χ0n) is 15.0. The smallest absolute Gasteiger partial charge is 0.213 e. The Hall–Kier alpha value is -0.740. The van der Waals surface area contributed by atoms with Gasteiger partial charge in [-0.3, -0.25) is 0 Å². The molecule has 6 nitrogen and oxygen atoms in total. The van der Waals surface area contributed by atoms with E-state index in [9.17, 15) is 0 Å². The van der Waals surface area contributed by atoms with E-state index in [1.54, 1.807) is 7.11 Å². The van der Waals surface area contributed by atoms with Crippen molar-refractivity contribution >= 4 is 41.7 Å². The van der Waals surface area contributed by atoms with Crippen molar-refractivity contribution in [3.05, 3.63) is 23.9 Å². The molecule has 0 spiro atoms. The van der Waals surface area contributed by atoms with Crippen molar-refractivity contribution < 1.29 is 9.47 Å². The van der Waals surface area contributed by atoms with E-state index in [1.165, 1.54) is 18.6 Å². The van der Waals surface area contributed by atoms with Crippen LogP contribution in [-0.2, 0) is 11.3 Å². The zero-order valence-corrected chi connectivity index (χ0v) is 18.1. The molecule has 0 bridgehead atoms. The number of nitrogens with zero attached hydrogens (tertiary/aromatic N) is 2. The quantitative estimate of drug-likeness (QED) is 0.245. The highest BCUT2D eigenvalue weighted by atomic mass is 127. The number of aliphatic imine (C=N–C) groups is 1. The molecule has 1 aromatic heterocycles. The highest BCUT2D eigenvalue weighted by molar-refractivity contribution is 14.0. The van der Waals surface area contributed by atoms with Gasteiger partial charge in [-0.2, -0.15) is 11.8 Å². The number of halogens is 1. The van der Waals surface area contributed by atoms with E-state index in [1.807, 2.05) is 30.1 Å². The molecule has 0 saturated carbocycles. The molecule has 1 aliphatic heterocycles. The van der Waals surface area contributed by atoms with Gasteiger partial charge in [-0.25, -0.2) is 9.98 Å². The van der Waals surface area contributed by atoms with E-state index in [0.717, 1.165) is 24.6 Å². The topological polar surface area (TPSA) is 67.8 Å². The van der Waals surface area contributed by atoms with Gasteiger partial charge in [0.15, 0.2) is 5.96 Å². The first kappa shape index (κ1) is 22.3. The first-order valence-corrected chi connectivity index (χ1v) is 9.57. The Morgan fingerprint density at radius 3 is 2.88 bits per heavy atom. The molecule has 0 radical (unpaired) electrons. The fraction of sp³-hybridized carbons (Fsp3) is 0.647. The molecule has 25 heavy (non-hydrogen) atoms. The van der Waals surface area contributed by atoms with Gasteiger partial charge in [-0.1, -0.05) is 6.07 Å². The van der Waals surface area contributed by atoms with Gasteiger partial charge in [0.25, 0.3) is 0 Å². The van der Waals surface area contributed by atoms with Crippen LogP contribution in [0.1, 0.15) is 25.3 Å². The molecule has 2 rings (SSSR count). The number of ether oxygens (including phenoxy) is 2. The summed E-state index contributed by atoms with van der Waals surface area (Å²) in [5, 5.41) is 7.44. The van der Waals surface area contributed by atoms with Crippen molar-refractivity contribution in [2.75, 3.05) is 39.2 Å². The van der Waals surface area contributed by atoms with Crippen molar-refractivity contribution in [2.45, 2.75) is 31.6 Å². The molecule has 142 valence electrons. The number of rotatable bonds is 9. The molecular weight excluding hydrogens is 451 g/mol. The minimum Gasteiger partial charge on any atom is -0.475 e. The van der Waals surface area contributed by atoms with E-state index in [4.69, 9.17) is 9.47 Å². The standard InChI is InChI=1S/C17H28N4O2S.HI/c1-3-18-17(21-13-15-5-4-10-24-15)20-12-14-6-7-16(19-11-14)23-9-8-22-2;/h6-7,11,15H,3-5,8-10,12-13H2,1-2H3,(H2,18,20,21);1H. The summed E-state index contributed by atoms with van der Waals surface area (Å²) in [4.78, 5) is 8.93. The van der Waals surface area contributed by atoms with Gasteiger partial charge in [-0.05, 0) is 31.1 Å². The van der Waals surface area contributed by atoms with Crippen LogP contribution in [0.3, 0.4) is 0 Å². The third-order valence-electron chi connectivity index (χ3n) is 3.62. The van der Waals surface area contributed by atoms with Gasteiger partial charge in [-0.15, -0.1) is 24.0 Å².